The number of aromatic nitrogens is 2. The third-order valence-electron chi connectivity index (χ3n) is 3.27. The maximum absolute atomic E-state index is 8.77. The van der Waals surface area contributed by atoms with Crippen molar-refractivity contribution in [2.45, 2.75) is 32.3 Å². The fourth-order valence-electron chi connectivity index (χ4n) is 2.33. The average Bonchev–Trinajstić information content (AvgIpc) is 3.04. The number of aryl methyl sites for hydroxylation is 2. The molecule has 5 heteroatoms. The molecule has 1 N–H and O–H groups in total. The number of hydrogen-bond donors (Lipinski definition) is 1. The van der Waals surface area contributed by atoms with E-state index < -0.39 is 0 Å². The van der Waals surface area contributed by atoms with Gasteiger partial charge in [0.1, 0.15) is 5.75 Å². The van der Waals surface area contributed by atoms with Gasteiger partial charge in [-0.3, -0.25) is 0 Å². The summed E-state index contributed by atoms with van der Waals surface area (Å²) in [5.74, 6) is 1.71. The lowest BCUT2D eigenvalue weighted by Gasteiger charge is -2.05. The van der Waals surface area contributed by atoms with Gasteiger partial charge < -0.3 is 14.3 Å². The zero-order chi connectivity index (χ0) is 13.1. The molecule has 100 valence electrons. The van der Waals surface area contributed by atoms with Gasteiger partial charge in [0.25, 0.3) is 5.89 Å². The Morgan fingerprint density at radius 3 is 2.89 bits per heavy atom. The molecule has 5 nitrogen and oxygen atoms in total. The molecule has 0 spiro atoms. The van der Waals surface area contributed by atoms with Crippen molar-refractivity contribution >= 4 is 0 Å². The number of aliphatic hydroxyl groups excluding tert-OH is 1. The summed E-state index contributed by atoms with van der Waals surface area (Å²) >= 11 is 0. The van der Waals surface area contributed by atoms with Crippen LogP contribution >= 0.6 is 0 Å². The Morgan fingerprint density at radius 1 is 1.16 bits per heavy atom. The highest BCUT2D eigenvalue weighted by Gasteiger charge is 2.12. The van der Waals surface area contributed by atoms with Crippen molar-refractivity contribution in [2.75, 3.05) is 6.61 Å². The fourth-order valence-corrected chi connectivity index (χ4v) is 2.33. The molecule has 0 amide bonds. The zero-order valence-corrected chi connectivity index (χ0v) is 10.6. The van der Waals surface area contributed by atoms with Crippen LogP contribution in [0.5, 0.6) is 5.75 Å². The molecule has 0 saturated heterocycles. The molecule has 1 aromatic heterocycles. The monoisotopic (exact) mass is 260 g/mol. The van der Waals surface area contributed by atoms with Crippen molar-refractivity contribution in [2.24, 2.45) is 0 Å². The normalized spacial score (nSPS) is 13.5. The summed E-state index contributed by atoms with van der Waals surface area (Å²) in [6.45, 7) is 0.268. The summed E-state index contributed by atoms with van der Waals surface area (Å²) in [6.07, 6.45) is 3.91. The first-order valence-corrected chi connectivity index (χ1v) is 6.52. The second kappa shape index (κ2) is 5.40. The first-order valence-electron chi connectivity index (χ1n) is 6.52. The van der Waals surface area contributed by atoms with Crippen molar-refractivity contribution in [3.05, 3.63) is 41.1 Å². The van der Waals surface area contributed by atoms with E-state index in [1.165, 1.54) is 24.0 Å². The minimum atomic E-state index is 0.00725. The van der Waals surface area contributed by atoms with Crippen LogP contribution in [0.15, 0.2) is 22.6 Å². The molecule has 0 fully saturated rings. The number of benzene rings is 1. The van der Waals surface area contributed by atoms with Gasteiger partial charge in [-0.05, 0) is 42.5 Å². The first-order chi connectivity index (χ1) is 9.35. The molecule has 0 radical (unpaired) electrons. The molecule has 3 rings (SSSR count). The summed E-state index contributed by atoms with van der Waals surface area (Å²) in [6, 6.07) is 6.20. The SMILES string of the molecule is OCCc1nnc(COc2ccc3c(c2)CCC3)o1. The Balaban J connectivity index is 1.62. The van der Waals surface area contributed by atoms with Crippen molar-refractivity contribution in [3.63, 3.8) is 0 Å². The Labute approximate surface area is 111 Å². The third kappa shape index (κ3) is 2.76. The minimum Gasteiger partial charge on any atom is -0.484 e. The summed E-state index contributed by atoms with van der Waals surface area (Å²) < 4.78 is 11.0. The lowest BCUT2D eigenvalue weighted by Crippen LogP contribution is -1.96. The Hall–Kier alpha value is -1.88. The van der Waals surface area contributed by atoms with Crippen LogP contribution in [0.1, 0.15) is 29.3 Å². The predicted octanol–water partition coefficient (Wildman–Crippen LogP) is 1.67. The molecule has 1 aromatic carbocycles. The van der Waals surface area contributed by atoms with Gasteiger partial charge in [0, 0.05) is 6.42 Å². The average molecular weight is 260 g/mol. The van der Waals surface area contributed by atoms with Gasteiger partial charge in [-0.25, -0.2) is 0 Å². The molecule has 0 atom stereocenters. The molecule has 19 heavy (non-hydrogen) atoms. The summed E-state index contributed by atoms with van der Waals surface area (Å²) in [4.78, 5) is 0. The third-order valence-corrected chi connectivity index (χ3v) is 3.27. The maximum Gasteiger partial charge on any atom is 0.253 e. The van der Waals surface area contributed by atoms with Crippen LogP contribution in [0, 0.1) is 0 Å². The number of aliphatic hydroxyl groups is 1. The van der Waals surface area contributed by atoms with E-state index in [1.54, 1.807) is 0 Å². The van der Waals surface area contributed by atoms with E-state index in [1.807, 2.05) is 6.07 Å². The van der Waals surface area contributed by atoms with Crippen LogP contribution in [0.25, 0.3) is 0 Å². The van der Waals surface area contributed by atoms with Gasteiger partial charge in [-0.2, -0.15) is 0 Å². The highest BCUT2D eigenvalue weighted by atomic mass is 16.5. The Kier molecular flexibility index (Phi) is 3.46. The van der Waals surface area contributed by atoms with E-state index >= 15 is 0 Å². The number of rotatable bonds is 5. The predicted molar refractivity (Wildman–Crippen MR) is 67.9 cm³/mol. The molecule has 2 aromatic rings. The number of fused-ring (bicyclic) bond motifs is 1. The number of hydrogen-bond acceptors (Lipinski definition) is 5. The quantitative estimate of drug-likeness (QED) is 0.885. The summed E-state index contributed by atoms with van der Waals surface area (Å²) in [7, 11) is 0. The van der Waals surface area contributed by atoms with Gasteiger partial charge in [-0.15, -0.1) is 10.2 Å². The minimum absolute atomic E-state index is 0.00725. The largest absolute Gasteiger partial charge is 0.484 e. The second-order valence-corrected chi connectivity index (χ2v) is 4.64. The smallest absolute Gasteiger partial charge is 0.253 e. The van der Waals surface area contributed by atoms with Crippen molar-refractivity contribution < 1.29 is 14.3 Å². The first kappa shape index (κ1) is 12.2. The van der Waals surface area contributed by atoms with Gasteiger partial charge in [-0.1, -0.05) is 6.07 Å². The van der Waals surface area contributed by atoms with E-state index in [2.05, 4.69) is 22.3 Å². The molecule has 1 heterocycles. The molecule has 1 aliphatic carbocycles. The van der Waals surface area contributed by atoms with Crippen LogP contribution in [-0.2, 0) is 25.9 Å². The van der Waals surface area contributed by atoms with Crippen molar-refractivity contribution in [1.29, 1.82) is 0 Å². The number of nitrogens with zero attached hydrogens (tertiary/aromatic N) is 2. The lowest BCUT2D eigenvalue weighted by atomic mass is 10.1. The van der Waals surface area contributed by atoms with E-state index in [9.17, 15) is 0 Å². The summed E-state index contributed by atoms with van der Waals surface area (Å²) in [5, 5.41) is 16.5. The molecular weight excluding hydrogens is 244 g/mol. The second-order valence-electron chi connectivity index (χ2n) is 4.64. The van der Waals surface area contributed by atoms with Crippen molar-refractivity contribution in [1.82, 2.24) is 10.2 Å². The highest BCUT2D eigenvalue weighted by Crippen LogP contribution is 2.26. The molecule has 0 aliphatic heterocycles. The fraction of sp³-hybridized carbons (Fsp3) is 0.429. The topological polar surface area (TPSA) is 68.4 Å². The van der Waals surface area contributed by atoms with Crippen molar-refractivity contribution in [3.8, 4) is 5.75 Å². The molecular formula is C14H16N2O3. The molecule has 1 aliphatic rings. The van der Waals surface area contributed by atoms with Gasteiger partial charge in [0.15, 0.2) is 6.61 Å². The lowest BCUT2D eigenvalue weighted by molar-refractivity contribution is 0.249. The molecule has 0 unspecified atom stereocenters. The highest BCUT2D eigenvalue weighted by molar-refractivity contribution is 5.38. The van der Waals surface area contributed by atoms with Crippen LogP contribution in [-0.4, -0.2) is 21.9 Å². The zero-order valence-electron chi connectivity index (χ0n) is 10.6. The number of ether oxygens (including phenoxy) is 1. The van der Waals surface area contributed by atoms with E-state index in [0.29, 0.717) is 18.2 Å². The Bertz CT molecular complexity index is 566. The van der Waals surface area contributed by atoms with Crippen LogP contribution < -0.4 is 4.74 Å². The van der Waals surface area contributed by atoms with E-state index in [0.717, 1.165) is 12.2 Å². The van der Waals surface area contributed by atoms with E-state index in [4.69, 9.17) is 14.3 Å². The standard InChI is InChI=1S/C14H16N2O3/c17-7-6-13-15-16-14(19-13)9-18-12-5-4-10-2-1-3-11(10)8-12/h4-5,8,17H,1-3,6-7,9H2. The summed E-state index contributed by atoms with van der Waals surface area (Å²) in [5.41, 5.74) is 2.80. The van der Waals surface area contributed by atoms with Crippen LogP contribution in [0.3, 0.4) is 0 Å². The van der Waals surface area contributed by atoms with Crippen LogP contribution in [0.4, 0.5) is 0 Å². The molecule has 0 saturated carbocycles. The molecule has 0 bridgehead atoms. The van der Waals surface area contributed by atoms with E-state index in [-0.39, 0.29) is 13.2 Å². The Morgan fingerprint density at radius 2 is 2.00 bits per heavy atom. The van der Waals surface area contributed by atoms with Gasteiger partial charge >= 0.3 is 0 Å². The maximum atomic E-state index is 8.77. The van der Waals surface area contributed by atoms with Gasteiger partial charge in [0.2, 0.25) is 5.89 Å². The van der Waals surface area contributed by atoms with Crippen LogP contribution in [0.2, 0.25) is 0 Å². The van der Waals surface area contributed by atoms with Gasteiger partial charge in [0.05, 0.1) is 6.61 Å².